The lowest BCUT2D eigenvalue weighted by atomic mass is 10.0. The van der Waals surface area contributed by atoms with Crippen molar-refractivity contribution in [3.63, 3.8) is 0 Å². The Labute approximate surface area is 95.8 Å². The number of hydrogen-bond acceptors (Lipinski definition) is 2. The molecule has 0 spiro atoms. The van der Waals surface area contributed by atoms with Crippen molar-refractivity contribution in [3.8, 4) is 0 Å². The molecule has 0 heterocycles. The molecule has 2 heteroatoms. The zero-order valence-electron chi connectivity index (χ0n) is 11.0. The summed E-state index contributed by atoms with van der Waals surface area (Å²) in [5, 5.41) is 3.56. The Balaban J connectivity index is 3.53. The van der Waals surface area contributed by atoms with Gasteiger partial charge in [0.2, 0.25) is 0 Å². The summed E-state index contributed by atoms with van der Waals surface area (Å²) in [5.74, 6) is 0.818. The van der Waals surface area contributed by atoms with Gasteiger partial charge in [-0.15, -0.1) is 0 Å². The number of nitrogens with one attached hydrogen (secondary N) is 1. The molecule has 1 N–H and O–H groups in total. The van der Waals surface area contributed by atoms with E-state index in [9.17, 15) is 0 Å². The minimum Gasteiger partial charge on any atom is -0.382 e. The van der Waals surface area contributed by atoms with Crippen LogP contribution in [-0.4, -0.2) is 25.8 Å². The molecule has 0 fully saturated rings. The van der Waals surface area contributed by atoms with E-state index in [0.29, 0.717) is 6.04 Å². The summed E-state index contributed by atoms with van der Waals surface area (Å²) in [6.07, 6.45) is 5.06. The topological polar surface area (TPSA) is 21.3 Å². The smallest absolute Gasteiger partial charge is 0.0466 e. The van der Waals surface area contributed by atoms with Crippen LogP contribution in [0, 0.1) is 5.92 Å². The fourth-order valence-corrected chi connectivity index (χ4v) is 1.75. The van der Waals surface area contributed by atoms with E-state index in [4.69, 9.17) is 4.74 Å². The minimum absolute atomic E-state index is 0.692. The van der Waals surface area contributed by atoms with Gasteiger partial charge in [-0.3, -0.25) is 0 Å². The molecule has 0 saturated carbocycles. The van der Waals surface area contributed by atoms with Crippen LogP contribution in [0.3, 0.4) is 0 Å². The van der Waals surface area contributed by atoms with Crippen molar-refractivity contribution in [1.82, 2.24) is 5.32 Å². The third-order valence-corrected chi connectivity index (χ3v) is 2.63. The van der Waals surface area contributed by atoms with Gasteiger partial charge in [-0.25, -0.2) is 0 Å². The fourth-order valence-electron chi connectivity index (χ4n) is 1.75. The van der Waals surface area contributed by atoms with Crippen molar-refractivity contribution in [2.24, 2.45) is 5.92 Å². The number of hydrogen-bond donors (Lipinski definition) is 1. The zero-order chi connectivity index (χ0) is 11.5. The van der Waals surface area contributed by atoms with Crippen LogP contribution >= 0.6 is 0 Å². The van der Waals surface area contributed by atoms with E-state index in [0.717, 1.165) is 25.7 Å². The molecule has 0 bridgehead atoms. The Bertz CT molecular complexity index is 126. The first-order chi connectivity index (χ1) is 7.20. The maximum atomic E-state index is 5.36. The molecule has 92 valence electrons. The first-order valence-electron chi connectivity index (χ1n) is 6.51. The van der Waals surface area contributed by atoms with Crippen LogP contribution in [0.15, 0.2) is 0 Å². The monoisotopic (exact) mass is 215 g/mol. The molecular formula is C13H29NO. The lowest BCUT2D eigenvalue weighted by Crippen LogP contribution is -2.29. The van der Waals surface area contributed by atoms with Crippen molar-refractivity contribution in [3.05, 3.63) is 0 Å². The van der Waals surface area contributed by atoms with Crippen molar-refractivity contribution in [2.45, 2.75) is 59.4 Å². The predicted octanol–water partition coefficient (Wildman–Crippen LogP) is 3.22. The van der Waals surface area contributed by atoms with Gasteiger partial charge in [0.05, 0.1) is 0 Å². The third-order valence-electron chi connectivity index (χ3n) is 2.63. The van der Waals surface area contributed by atoms with Crippen molar-refractivity contribution < 1.29 is 4.74 Å². The fraction of sp³-hybridized carbons (Fsp3) is 1.00. The van der Waals surface area contributed by atoms with E-state index in [1.807, 2.05) is 0 Å². The summed E-state index contributed by atoms with van der Waals surface area (Å²) in [4.78, 5) is 0. The molecule has 2 nitrogen and oxygen atoms in total. The summed E-state index contributed by atoms with van der Waals surface area (Å²) in [6.45, 7) is 11.7. The quantitative estimate of drug-likeness (QED) is 0.565. The highest BCUT2D eigenvalue weighted by molar-refractivity contribution is 4.66. The highest BCUT2D eigenvalue weighted by atomic mass is 16.5. The molecule has 15 heavy (non-hydrogen) atoms. The predicted molar refractivity (Wildman–Crippen MR) is 67.3 cm³/mol. The molecule has 0 rings (SSSR count). The van der Waals surface area contributed by atoms with Gasteiger partial charge < -0.3 is 10.1 Å². The Morgan fingerprint density at radius 3 is 2.33 bits per heavy atom. The van der Waals surface area contributed by atoms with Crippen LogP contribution in [0.5, 0.6) is 0 Å². The van der Waals surface area contributed by atoms with Gasteiger partial charge in [-0.05, 0) is 45.1 Å². The Hall–Kier alpha value is -0.0800. The Morgan fingerprint density at radius 1 is 1.07 bits per heavy atom. The van der Waals surface area contributed by atoms with Crippen LogP contribution in [0.2, 0.25) is 0 Å². The van der Waals surface area contributed by atoms with Gasteiger partial charge in [0.25, 0.3) is 0 Å². The van der Waals surface area contributed by atoms with Crippen molar-refractivity contribution in [1.29, 1.82) is 0 Å². The molecule has 0 amide bonds. The summed E-state index contributed by atoms with van der Waals surface area (Å²) in [7, 11) is 0. The Morgan fingerprint density at radius 2 is 1.80 bits per heavy atom. The largest absolute Gasteiger partial charge is 0.382 e. The van der Waals surface area contributed by atoms with Crippen LogP contribution in [0.25, 0.3) is 0 Å². The van der Waals surface area contributed by atoms with Crippen molar-refractivity contribution >= 4 is 0 Å². The standard InChI is InChI=1S/C13H29NO/c1-5-14-13(10-9-12(3)4)8-7-11-15-6-2/h12-14H,5-11H2,1-4H3. The molecule has 0 aromatic carbocycles. The summed E-state index contributed by atoms with van der Waals surface area (Å²) >= 11 is 0. The normalized spacial score (nSPS) is 13.4. The maximum absolute atomic E-state index is 5.36. The molecule has 0 aliphatic rings. The molecule has 0 saturated heterocycles. The van der Waals surface area contributed by atoms with E-state index >= 15 is 0 Å². The van der Waals surface area contributed by atoms with Gasteiger partial charge in [-0.2, -0.15) is 0 Å². The van der Waals surface area contributed by atoms with E-state index in [-0.39, 0.29) is 0 Å². The van der Waals surface area contributed by atoms with Crippen LogP contribution in [-0.2, 0) is 4.74 Å². The highest BCUT2D eigenvalue weighted by Crippen LogP contribution is 2.10. The average molecular weight is 215 g/mol. The van der Waals surface area contributed by atoms with Crippen LogP contribution in [0.4, 0.5) is 0 Å². The first kappa shape index (κ1) is 14.9. The minimum atomic E-state index is 0.692. The third kappa shape index (κ3) is 10.2. The molecule has 0 aliphatic heterocycles. The summed E-state index contributed by atoms with van der Waals surface area (Å²) in [5.41, 5.74) is 0. The van der Waals surface area contributed by atoms with Crippen molar-refractivity contribution in [2.75, 3.05) is 19.8 Å². The lowest BCUT2D eigenvalue weighted by Gasteiger charge is -2.18. The number of ether oxygens (including phenoxy) is 1. The van der Waals surface area contributed by atoms with Crippen LogP contribution in [0.1, 0.15) is 53.4 Å². The molecule has 0 aliphatic carbocycles. The Kier molecular flexibility index (Phi) is 10.4. The van der Waals surface area contributed by atoms with Gasteiger partial charge in [0, 0.05) is 19.3 Å². The molecule has 1 unspecified atom stereocenters. The SMILES string of the molecule is CCNC(CCCOCC)CCC(C)C. The van der Waals surface area contributed by atoms with Crippen LogP contribution < -0.4 is 5.32 Å². The van der Waals surface area contributed by atoms with Gasteiger partial charge in [0.15, 0.2) is 0 Å². The molecule has 0 radical (unpaired) electrons. The highest BCUT2D eigenvalue weighted by Gasteiger charge is 2.07. The molecule has 0 aromatic heterocycles. The second-order valence-corrected chi connectivity index (χ2v) is 4.56. The van der Waals surface area contributed by atoms with E-state index < -0.39 is 0 Å². The lowest BCUT2D eigenvalue weighted by molar-refractivity contribution is 0.140. The molecule has 0 aromatic rings. The van der Waals surface area contributed by atoms with E-state index in [1.54, 1.807) is 0 Å². The van der Waals surface area contributed by atoms with Gasteiger partial charge in [0.1, 0.15) is 0 Å². The maximum Gasteiger partial charge on any atom is 0.0466 e. The first-order valence-corrected chi connectivity index (χ1v) is 6.51. The van der Waals surface area contributed by atoms with E-state index in [2.05, 4.69) is 33.0 Å². The zero-order valence-corrected chi connectivity index (χ0v) is 11.0. The summed E-state index contributed by atoms with van der Waals surface area (Å²) in [6, 6.07) is 0.692. The molecular weight excluding hydrogens is 186 g/mol. The van der Waals surface area contributed by atoms with E-state index in [1.165, 1.54) is 25.7 Å². The summed E-state index contributed by atoms with van der Waals surface area (Å²) < 4.78 is 5.36. The second kappa shape index (κ2) is 10.4. The van der Waals surface area contributed by atoms with Gasteiger partial charge in [-0.1, -0.05) is 20.8 Å². The molecule has 1 atom stereocenters. The average Bonchev–Trinajstić information content (AvgIpc) is 2.20. The number of rotatable bonds is 10. The second-order valence-electron chi connectivity index (χ2n) is 4.56. The van der Waals surface area contributed by atoms with Gasteiger partial charge >= 0.3 is 0 Å².